The summed E-state index contributed by atoms with van der Waals surface area (Å²) in [6, 6.07) is 16.8. The SMILES string of the molecule is NCCNc1nc(NCCc2ccc(O)cc2)nc(Nc2ccccc2)n1. The molecule has 8 heteroatoms. The Morgan fingerprint density at radius 2 is 1.41 bits per heavy atom. The van der Waals surface area contributed by atoms with Crippen molar-refractivity contribution in [1.82, 2.24) is 15.0 Å². The maximum Gasteiger partial charge on any atom is 0.233 e. The van der Waals surface area contributed by atoms with Gasteiger partial charge in [0.05, 0.1) is 0 Å². The third-order valence-electron chi connectivity index (χ3n) is 3.73. The van der Waals surface area contributed by atoms with Crippen molar-refractivity contribution in [2.24, 2.45) is 5.73 Å². The summed E-state index contributed by atoms with van der Waals surface area (Å²) >= 11 is 0. The van der Waals surface area contributed by atoms with E-state index in [4.69, 9.17) is 5.73 Å². The molecular formula is C19H23N7O. The summed E-state index contributed by atoms with van der Waals surface area (Å²) in [5.41, 5.74) is 7.55. The molecule has 0 radical (unpaired) electrons. The van der Waals surface area contributed by atoms with E-state index in [1.54, 1.807) is 12.1 Å². The van der Waals surface area contributed by atoms with Crippen LogP contribution in [0.3, 0.4) is 0 Å². The molecule has 0 amide bonds. The summed E-state index contributed by atoms with van der Waals surface area (Å²) in [7, 11) is 0. The third kappa shape index (κ3) is 5.82. The summed E-state index contributed by atoms with van der Waals surface area (Å²) in [4.78, 5) is 13.2. The van der Waals surface area contributed by atoms with Gasteiger partial charge in [0.2, 0.25) is 17.8 Å². The lowest BCUT2D eigenvalue weighted by Crippen LogP contribution is -2.17. The number of aromatic hydroxyl groups is 1. The molecule has 0 spiro atoms. The van der Waals surface area contributed by atoms with E-state index in [0.717, 1.165) is 17.7 Å². The van der Waals surface area contributed by atoms with E-state index in [-0.39, 0.29) is 5.75 Å². The predicted octanol–water partition coefficient (Wildman–Crippen LogP) is 2.35. The topological polar surface area (TPSA) is 121 Å². The van der Waals surface area contributed by atoms with Gasteiger partial charge >= 0.3 is 0 Å². The molecule has 2 aromatic carbocycles. The summed E-state index contributed by atoms with van der Waals surface area (Å²) in [5, 5.41) is 18.8. The highest BCUT2D eigenvalue weighted by atomic mass is 16.3. The Balaban J connectivity index is 1.68. The van der Waals surface area contributed by atoms with Gasteiger partial charge in [0.1, 0.15) is 5.75 Å². The Bertz CT molecular complexity index is 840. The molecular weight excluding hydrogens is 342 g/mol. The van der Waals surface area contributed by atoms with Gasteiger partial charge in [-0.3, -0.25) is 0 Å². The maximum atomic E-state index is 9.35. The van der Waals surface area contributed by atoms with Crippen LogP contribution in [0.5, 0.6) is 5.75 Å². The monoisotopic (exact) mass is 365 g/mol. The Kier molecular flexibility index (Phi) is 6.37. The highest BCUT2D eigenvalue weighted by Crippen LogP contribution is 2.15. The van der Waals surface area contributed by atoms with Gasteiger partial charge in [0, 0.05) is 25.3 Å². The molecule has 0 bridgehead atoms. The summed E-state index contributed by atoms with van der Waals surface area (Å²) in [5.74, 6) is 1.64. The fraction of sp³-hybridized carbons (Fsp3) is 0.211. The minimum atomic E-state index is 0.261. The van der Waals surface area contributed by atoms with Crippen LogP contribution in [0.15, 0.2) is 54.6 Å². The number of para-hydroxylation sites is 1. The van der Waals surface area contributed by atoms with Gasteiger partial charge in [-0.25, -0.2) is 0 Å². The molecule has 6 N–H and O–H groups in total. The van der Waals surface area contributed by atoms with Gasteiger partial charge in [-0.2, -0.15) is 15.0 Å². The zero-order valence-electron chi connectivity index (χ0n) is 14.9. The van der Waals surface area contributed by atoms with Gasteiger partial charge in [0.25, 0.3) is 0 Å². The number of hydrogen-bond donors (Lipinski definition) is 5. The molecule has 3 rings (SSSR count). The second kappa shape index (κ2) is 9.35. The molecule has 140 valence electrons. The van der Waals surface area contributed by atoms with Crippen LogP contribution in [-0.2, 0) is 6.42 Å². The van der Waals surface area contributed by atoms with E-state index in [9.17, 15) is 5.11 Å². The molecule has 0 atom stereocenters. The lowest BCUT2D eigenvalue weighted by atomic mass is 10.1. The van der Waals surface area contributed by atoms with Crippen LogP contribution in [-0.4, -0.2) is 39.7 Å². The number of aromatic nitrogens is 3. The Labute approximate surface area is 157 Å². The lowest BCUT2D eigenvalue weighted by molar-refractivity contribution is 0.475. The molecule has 0 saturated carbocycles. The first-order valence-corrected chi connectivity index (χ1v) is 8.77. The van der Waals surface area contributed by atoms with Crippen molar-refractivity contribution in [1.29, 1.82) is 0 Å². The van der Waals surface area contributed by atoms with Gasteiger partial charge in [-0.15, -0.1) is 0 Å². The molecule has 1 aromatic heterocycles. The Morgan fingerprint density at radius 3 is 2.07 bits per heavy atom. The quantitative estimate of drug-likeness (QED) is 0.392. The van der Waals surface area contributed by atoms with E-state index < -0.39 is 0 Å². The molecule has 1 heterocycles. The molecule has 3 aromatic rings. The highest BCUT2D eigenvalue weighted by molar-refractivity contribution is 5.55. The fourth-order valence-electron chi connectivity index (χ4n) is 2.41. The van der Waals surface area contributed by atoms with Crippen LogP contribution in [0.25, 0.3) is 0 Å². The summed E-state index contributed by atoms with van der Waals surface area (Å²) in [6.45, 7) is 1.70. The number of phenols is 1. The van der Waals surface area contributed by atoms with Gasteiger partial charge in [-0.1, -0.05) is 30.3 Å². The molecule has 0 fully saturated rings. The van der Waals surface area contributed by atoms with Gasteiger partial charge in [0.15, 0.2) is 0 Å². The molecule has 8 nitrogen and oxygen atoms in total. The summed E-state index contributed by atoms with van der Waals surface area (Å²) in [6.07, 6.45) is 0.777. The molecule has 0 unspecified atom stereocenters. The Morgan fingerprint density at radius 1 is 0.778 bits per heavy atom. The van der Waals surface area contributed by atoms with E-state index in [1.807, 2.05) is 42.5 Å². The number of hydrogen-bond acceptors (Lipinski definition) is 8. The van der Waals surface area contributed by atoms with Crippen LogP contribution in [0.1, 0.15) is 5.56 Å². The van der Waals surface area contributed by atoms with Crippen LogP contribution in [0.4, 0.5) is 23.5 Å². The number of nitrogens with zero attached hydrogens (tertiary/aromatic N) is 3. The number of benzene rings is 2. The Hall–Kier alpha value is -3.39. The average Bonchev–Trinajstić information content (AvgIpc) is 2.69. The zero-order valence-corrected chi connectivity index (χ0v) is 14.9. The molecule has 0 saturated heterocycles. The van der Waals surface area contributed by atoms with Crippen LogP contribution < -0.4 is 21.7 Å². The van der Waals surface area contributed by atoms with E-state index >= 15 is 0 Å². The minimum absolute atomic E-state index is 0.261. The minimum Gasteiger partial charge on any atom is -0.508 e. The zero-order chi connectivity index (χ0) is 18.9. The fourth-order valence-corrected chi connectivity index (χ4v) is 2.41. The molecule has 0 aliphatic heterocycles. The highest BCUT2D eigenvalue weighted by Gasteiger charge is 2.07. The van der Waals surface area contributed by atoms with E-state index in [1.165, 1.54) is 0 Å². The number of phenolic OH excluding ortho intramolecular Hbond substituents is 1. The van der Waals surface area contributed by atoms with Crippen molar-refractivity contribution in [3.63, 3.8) is 0 Å². The lowest BCUT2D eigenvalue weighted by Gasteiger charge is -2.11. The smallest absolute Gasteiger partial charge is 0.233 e. The van der Waals surface area contributed by atoms with Gasteiger partial charge in [-0.05, 0) is 36.2 Å². The van der Waals surface area contributed by atoms with E-state index in [2.05, 4.69) is 30.9 Å². The van der Waals surface area contributed by atoms with Crippen LogP contribution >= 0.6 is 0 Å². The largest absolute Gasteiger partial charge is 0.508 e. The standard InChI is InChI=1S/C19H23N7O/c20-11-13-22-18-24-17(21-12-10-14-6-8-16(27)9-7-14)25-19(26-18)23-15-4-2-1-3-5-15/h1-9,27H,10-13,20H2,(H3,21,22,23,24,25,26). The second-order valence-electron chi connectivity index (χ2n) is 5.86. The number of rotatable bonds is 9. The first-order chi connectivity index (χ1) is 13.2. The number of nitrogens with one attached hydrogen (secondary N) is 3. The van der Waals surface area contributed by atoms with Gasteiger partial charge < -0.3 is 26.8 Å². The van der Waals surface area contributed by atoms with Crippen LogP contribution in [0, 0.1) is 0 Å². The normalized spacial score (nSPS) is 10.4. The molecule has 0 aliphatic carbocycles. The van der Waals surface area contributed by atoms with Crippen molar-refractivity contribution >= 4 is 23.5 Å². The first-order valence-electron chi connectivity index (χ1n) is 8.77. The number of anilines is 4. The first kappa shape index (κ1) is 18.4. The second-order valence-corrected chi connectivity index (χ2v) is 5.86. The van der Waals surface area contributed by atoms with Crippen molar-refractivity contribution in [2.75, 3.05) is 35.6 Å². The predicted molar refractivity (Wildman–Crippen MR) is 107 cm³/mol. The van der Waals surface area contributed by atoms with Crippen molar-refractivity contribution in [3.8, 4) is 5.75 Å². The summed E-state index contributed by atoms with van der Waals surface area (Å²) < 4.78 is 0. The van der Waals surface area contributed by atoms with Crippen molar-refractivity contribution in [2.45, 2.75) is 6.42 Å². The van der Waals surface area contributed by atoms with Crippen LogP contribution in [0.2, 0.25) is 0 Å². The van der Waals surface area contributed by atoms with Crippen molar-refractivity contribution < 1.29 is 5.11 Å². The average molecular weight is 365 g/mol. The molecule has 0 aliphatic rings. The third-order valence-corrected chi connectivity index (χ3v) is 3.73. The van der Waals surface area contributed by atoms with Crippen molar-refractivity contribution in [3.05, 3.63) is 60.2 Å². The molecule has 27 heavy (non-hydrogen) atoms. The maximum absolute atomic E-state index is 9.35. The number of nitrogens with two attached hydrogens (primary N) is 1. The van der Waals surface area contributed by atoms with E-state index in [0.29, 0.717) is 37.5 Å².